The summed E-state index contributed by atoms with van der Waals surface area (Å²) in [5, 5.41) is 2.71. The molecular weight excluding hydrogens is 408 g/mol. The van der Waals surface area contributed by atoms with Crippen LogP contribution in [0.5, 0.6) is 0 Å². The largest absolute Gasteiger partial charge is 0.437 e. The van der Waals surface area contributed by atoms with E-state index in [0.717, 1.165) is 49.8 Å². The van der Waals surface area contributed by atoms with Crippen LogP contribution in [-0.2, 0) is 33.7 Å². The number of fused-ring (bicyclic) bond motifs is 1. The van der Waals surface area contributed by atoms with Gasteiger partial charge in [0.2, 0.25) is 0 Å². The van der Waals surface area contributed by atoms with Crippen molar-refractivity contribution in [1.82, 2.24) is 9.88 Å². The minimum absolute atomic E-state index is 0.118. The number of nitrogens with zero attached hydrogens (tertiary/aromatic N) is 1. The first kappa shape index (κ1) is 24.5. The van der Waals surface area contributed by atoms with Gasteiger partial charge in [0.15, 0.2) is 6.79 Å². The molecular formula is C25H38N2O5. The van der Waals surface area contributed by atoms with Crippen molar-refractivity contribution in [2.24, 2.45) is 5.92 Å². The zero-order valence-electron chi connectivity index (χ0n) is 19.8. The fraction of sp³-hybridized carbons (Fsp3) is 0.720. The van der Waals surface area contributed by atoms with E-state index in [4.69, 9.17) is 9.47 Å². The zero-order valence-corrected chi connectivity index (χ0v) is 19.8. The molecule has 2 aliphatic carbocycles. The van der Waals surface area contributed by atoms with E-state index in [9.17, 15) is 14.4 Å². The number of aromatic nitrogens is 1. The average molecular weight is 447 g/mol. The van der Waals surface area contributed by atoms with Gasteiger partial charge in [-0.1, -0.05) is 32.1 Å². The summed E-state index contributed by atoms with van der Waals surface area (Å²) in [5.41, 5.74) is 0.808. The summed E-state index contributed by atoms with van der Waals surface area (Å²) in [5.74, 6) is -0.659. The summed E-state index contributed by atoms with van der Waals surface area (Å²) >= 11 is 0. The monoisotopic (exact) mass is 446 g/mol. The van der Waals surface area contributed by atoms with Gasteiger partial charge in [-0.05, 0) is 69.9 Å². The molecule has 1 fully saturated rings. The van der Waals surface area contributed by atoms with Gasteiger partial charge in [0.25, 0.3) is 11.5 Å². The Balaban J connectivity index is 1.93. The first-order chi connectivity index (χ1) is 15.3. The van der Waals surface area contributed by atoms with Gasteiger partial charge >= 0.3 is 5.97 Å². The standard InChI is InChI=1S/C25H38N2O5/c1-25(2,24(30)32-17-31-3)26-22(28)20-15-19-13-9-4-5-10-14-21(19)27(23(20)29)16-18-11-7-6-8-12-18/h15,18H,4-14,16-17H2,1-3H3,(H,26,28). The van der Waals surface area contributed by atoms with Gasteiger partial charge in [-0.25, -0.2) is 4.79 Å². The van der Waals surface area contributed by atoms with Crippen LogP contribution in [0.2, 0.25) is 0 Å². The number of amides is 1. The summed E-state index contributed by atoms with van der Waals surface area (Å²) in [4.78, 5) is 39.0. The lowest BCUT2D eigenvalue weighted by Gasteiger charge is -2.27. The Labute approximate surface area is 190 Å². The predicted molar refractivity (Wildman–Crippen MR) is 123 cm³/mol. The van der Waals surface area contributed by atoms with Crippen molar-refractivity contribution in [2.45, 2.75) is 96.6 Å². The molecule has 7 heteroatoms. The Bertz CT molecular complexity index is 868. The first-order valence-corrected chi connectivity index (χ1v) is 12.1. The van der Waals surface area contributed by atoms with Crippen LogP contribution in [0.15, 0.2) is 10.9 Å². The number of esters is 1. The molecule has 32 heavy (non-hydrogen) atoms. The van der Waals surface area contributed by atoms with Gasteiger partial charge in [0.05, 0.1) is 0 Å². The predicted octanol–water partition coefficient (Wildman–Crippen LogP) is 3.74. The molecule has 3 rings (SSSR count). The van der Waals surface area contributed by atoms with E-state index in [-0.39, 0.29) is 17.9 Å². The van der Waals surface area contributed by atoms with Gasteiger partial charge in [-0.2, -0.15) is 0 Å². The molecule has 0 bridgehead atoms. The van der Waals surface area contributed by atoms with Gasteiger partial charge in [-0.15, -0.1) is 0 Å². The molecule has 1 heterocycles. The van der Waals surface area contributed by atoms with E-state index in [1.165, 1.54) is 39.2 Å². The number of hydrogen-bond acceptors (Lipinski definition) is 5. The van der Waals surface area contributed by atoms with E-state index in [2.05, 4.69) is 5.32 Å². The number of methoxy groups -OCH3 is 1. The van der Waals surface area contributed by atoms with Gasteiger partial charge < -0.3 is 19.4 Å². The second-order valence-corrected chi connectivity index (χ2v) is 9.78. The molecule has 1 aromatic rings. The lowest BCUT2D eigenvalue weighted by molar-refractivity contribution is -0.160. The van der Waals surface area contributed by atoms with Crippen LogP contribution in [0.1, 0.15) is 93.3 Å². The molecule has 0 atom stereocenters. The average Bonchev–Trinajstić information content (AvgIpc) is 2.75. The molecule has 1 saturated carbocycles. The van der Waals surface area contributed by atoms with Crippen molar-refractivity contribution in [1.29, 1.82) is 0 Å². The van der Waals surface area contributed by atoms with Crippen molar-refractivity contribution >= 4 is 11.9 Å². The molecule has 1 N–H and O–H groups in total. The normalized spacial score (nSPS) is 17.7. The van der Waals surface area contributed by atoms with Crippen LogP contribution < -0.4 is 10.9 Å². The Morgan fingerprint density at radius 3 is 2.41 bits per heavy atom. The molecule has 0 unspecified atom stereocenters. The number of nitrogens with one attached hydrogen (secondary N) is 1. The van der Waals surface area contributed by atoms with Crippen LogP contribution in [0.3, 0.4) is 0 Å². The fourth-order valence-corrected chi connectivity index (χ4v) is 4.91. The van der Waals surface area contributed by atoms with Crippen LogP contribution >= 0.6 is 0 Å². The minimum atomic E-state index is -1.28. The van der Waals surface area contributed by atoms with Crippen LogP contribution in [0, 0.1) is 5.92 Å². The lowest BCUT2D eigenvalue weighted by Crippen LogP contribution is -2.52. The first-order valence-electron chi connectivity index (χ1n) is 12.1. The highest BCUT2D eigenvalue weighted by molar-refractivity contribution is 5.97. The van der Waals surface area contributed by atoms with Crippen molar-refractivity contribution in [3.8, 4) is 0 Å². The molecule has 178 valence electrons. The summed E-state index contributed by atoms with van der Waals surface area (Å²) in [6.45, 7) is 3.63. The highest BCUT2D eigenvalue weighted by Gasteiger charge is 2.33. The molecule has 7 nitrogen and oxygen atoms in total. The smallest absolute Gasteiger partial charge is 0.333 e. The maximum absolute atomic E-state index is 13.5. The van der Waals surface area contributed by atoms with E-state index in [0.29, 0.717) is 12.5 Å². The van der Waals surface area contributed by atoms with Gasteiger partial charge in [0, 0.05) is 19.3 Å². The summed E-state index contributed by atoms with van der Waals surface area (Å²) in [6.07, 6.45) is 12.2. The van der Waals surface area contributed by atoms with Crippen molar-refractivity contribution in [2.75, 3.05) is 13.9 Å². The Kier molecular flexibility index (Phi) is 8.51. The maximum Gasteiger partial charge on any atom is 0.333 e. The molecule has 0 saturated heterocycles. The van der Waals surface area contributed by atoms with E-state index in [1.807, 2.05) is 4.57 Å². The number of aryl methyl sites for hydroxylation is 1. The molecule has 0 aromatic carbocycles. The maximum atomic E-state index is 13.5. The SMILES string of the molecule is COCOC(=O)C(C)(C)NC(=O)c1cc2c(n(CC3CCCCC3)c1=O)CCCCCC2. The quantitative estimate of drug-likeness (QED) is 0.509. The van der Waals surface area contributed by atoms with Crippen molar-refractivity contribution < 1.29 is 19.1 Å². The summed E-state index contributed by atoms with van der Waals surface area (Å²) in [7, 11) is 1.42. The Morgan fingerprint density at radius 2 is 1.72 bits per heavy atom. The second-order valence-electron chi connectivity index (χ2n) is 9.78. The summed E-state index contributed by atoms with van der Waals surface area (Å²) in [6, 6.07) is 1.77. The Morgan fingerprint density at radius 1 is 1.06 bits per heavy atom. The van der Waals surface area contributed by atoms with Crippen LogP contribution in [0.4, 0.5) is 0 Å². The minimum Gasteiger partial charge on any atom is -0.437 e. The topological polar surface area (TPSA) is 86.6 Å². The van der Waals surface area contributed by atoms with E-state index in [1.54, 1.807) is 19.9 Å². The second kappa shape index (κ2) is 11.1. The van der Waals surface area contributed by atoms with E-state index >= 15 is 0 Å². The molecule has 0 spiro atoms. The third-order valence-corrected chi connectivity index (χ3v) is 6.75. The molecule has 0 radical (unpaired) electrons. The number of carbonyl (C=O) groups is 2. The number of ether oxygens (including phenoxy) is 2. The highest BCUT2D eigenvalue weighted by Crippen LogP contribution is 2.27. The summed E-state index contributed by atoms with van der Waals surface area (Å²) < 4.78 is 11.7. The number of pyridine rings is 1. The third-order valence-electron chi connectivity index (χ3n) is 6.75. The molecule has 1 aromatic heterocycles. The van der Waals surface area contributed by atoms with E-state index < -0.39 is 17.4 Å². The zero-order chi connectivity index (χ0) is 23.1. The van der Waals surface area contributed by atoms with Gasteiger partial charge in [0.1, 0.15) is 11.1 Å². The number of hydrogen-bond donors (Lipinski definition) is 1. The lowest BCUT2D eigenvalue weighted by atomic mass is 9.88. The fourth-order valence-electron chi connectivity index (χ4n) is 4.91. The van der Waals surface area contributed by atoms with Gasteiger partial charge in [-0.3, -0.25) is 9.59 Å². The molecule has 2 aliphatic rings. The Hall–Kier alpha value is -2.15. The van der Waals surface area contributed by atoms with Crippen LogP contribution in [-0.4, -0.2) is 35.9 Å². The number of carbonyl (C=O) groups excluding carboxylic acids is 2. The van der Waals surface area contributed by atoms with Crippen LogP contribution in [0.25, 0.3) is 0 Å². The highest BCUT2D eigenvalue weighted by atomic mass is 16.7. The molecule has 0 aliphatic heterocycles. The number of rotatable bonds is 7. The third kappa shape index (κ3) is 6.00. The van der Waals surface area contributed by atoms with Crippen molar-refractivity contribution in [3.63, 3.8) is 0 Å². The van der Waals surface area contributed by atoms with Crippen molar-refractivity contribution in [3.05, 3.63) is 33.2 Å². The molecule has 1 amide bonds.